The first kappa shape index (κ1) is 14.9. The van der Waals surface area contributed by atoms with Gasteiger partial charge in [0.05, 0.1) is 5.52 Å². The van der Waals surface area contributed by atoms with Crippen molar-refractivity contribution >= 4 is 28.5 Å². The second-order valence-corrected chi connectivity index (χ2v) is 5.33. The molecular weight excluding hydrogens is 274 g/mol. The van der Waals surface area contributed by atoms with Crippen LogP contribution in [0.15, 0.2) is 24.3 Å². The summed E-state index contributed by atoms with van der Waals surface area (Å²) in [5.74, 6) is 0.231. The number of carbonyl (C=O) groups is 1. The van der Waals surface area contributed by atoms with Gasteiger partial charge in [0, 0.05) is 11.8 Å². The third kappa shape index (κ3) is 3.76. The van der Waals surface area contributed by atoms with E-state index in [1.807, 2.05) is 24.3 Å². The van der Waals surface area contributed by atoms with E-state index in [1.54, 1.807) is 0 Å². The Labute approximate surface area is 124 Å². The molecule has 1 aromatic carbocycles. The summed E-state index contributed by atoms with van der Waals surface area (Å²) in [5.41, 5.74) is 0.878. The average Bonchev–Trinajstić information content (AvgIpc) is 2.75. The lowest BCUT2D eigenvalue weighted by Crippen LogP contribution is -2.07. The molecule has 0 saturated heterocycles. The maximum Gasteiger partial charge on any atom is 0.311 e. The fourth-order valence-electron chi connectivity index (χ4n) is 2.22. The molecule has 0 radical (unpaired) electrons. The van der Waals surface area contributed by atoms with Crippen LogP contribution < -0.4 is 4.74 Å². The van der Waals surface area contributed by atoms with E-state index in [2.05, 4.69) is 11.9 Å². The monoisotopic (exact) mass is 293 g/mol. The summed E-state index contributed by atoms with van der Waals surface area (Å²) in [6, 6.07) is 7.61. The Morgan fingerprint density at radius 1 is 1.20 bits per heavy atom. The number of H-pyrrole nitrogens is 1. The topological polar surface area (TPSA) is 42.1 Å². The third-order valence-corrected chi connectivity index (χ3v) is 3.58. The number of aromatic nitrogens is 1. The lowest BCUT2D eigenvalue weighted by Gasteiger charge is -2.04. The zero-order valence-corrected chi connectivity index (χ0v) is 12.5. The van der Waals surface area contributed by atoms with Crippen LogP contribution in [0.5, 0.6) is 5.75 Å². The van der Waals surface area contributed by atoms with Crippen molar-refractivity contribution in [3.8, 4) is 5.75 Å². The predicted octanol–water partition coefficient (Wildman–Crippen LogP) is 5.09. The van der Waals surface area contributed by atoms with E-state index in [4.69, 9.17) is 16.3 Å². The van der Waals surface area contributed by atoms with Crippen LogP contribution >= 0.6 is 11.6 Å². The van der Waals surface area contributed by atoms with Crippen LogP contribution in [0.4, 0.5) is 0 Å². The fourth-order valence-corrected chi connectivity index (χ4v) is 2.46. The number of aromatic amines is 1. The van der Waals surface area contributed by atoms with Crippen molar-refractivity contribution in [2.45, 2.75) is 45.4 Å². The van der Waals surface area contributed by atoms with Crippen molar-refractivity contribution < 1.29 is 9.53 Å². The minimum absolute atomic E-state index is 0.215. The molecule has 2 rings (SSSR count). The number of unbranched alkanes of at least 4 members (excludes halogenated alkanes) is 4. The van der Waals surface area contributed by atoms with Gasteiger partial charge in [0.1, 0.15) is 0 Å². The van der Waals surface area contributed by atoms with E-state index in [1.165, 1.54) is 19.3 Å². The van der Waals surface area contributed by atoms with Gasteiger partial charge in [0.2, 0.25) is 0 Å². The van der Waals surface area contributed by atoms with Gasteiger partial charge < -0.3 is 9.72 Å². The van der Waals surface area contributed by atoms with Gasteiger partial charge in [-0.1, -0.05) is 56.3 Å². The molecule has 0 aliphatic carbocycles. The highest BCUT2D eigenvalue weighted by molar-refractivity contribution is 6.32. The summed E-state index contributed by atoms with van der Waals surface area (Å²) in [4.78, 5) is 14.8. The molecule has 0 atom stereocenters. The molecule has 20 heavy (non-hydrogen) atoms. The molecule has 4 heteroatoms. The average molecular weight is 294 g/mol. The first-order valence-corrected chi connectivity index (χ1v) is 7.57. The summed E-state index contributed by atoms with van der Waals surface area (Å²) in [5, 5.41) is 1.22. The van der Waals surface area contributed by atoms with Crippen LogP contribution in [-0.2, 0) is 4.79 Å². The van der Waals surface area contributed by atoms with E-state index in [-0.39, 0.29) is 5.97 Å². The lowest BCUT2D eigenvalue weighted by molar-refractivity contribution is -0.134. The number of nitrogens with one attached hydrogen (secondary N) is 1. The Morgan fingerprint density at radius 2 is 1.95 bits per heavy atom. The van der Waals surface area contributed by atoms with Crippen molar-refractivity contribution in [2.24, 2.45) is 0 Å². The predicted molar refractivity (Wildman–Crippen MR) is 82.3 cm³/mol. The van der Waals surface area contributed by atoms with Crippen LogP contribution in [0.1, 0.15) is 45.4 Å². The molecular formula is C16H20ClNO2. The minimum atomic E-state index is -0.215. The smallest absolute Gasteiger partial charge is 0.311 e. The molecule has 2 aromatic rings. The number of para-hydroxylation sites is 1. The molecule has 0 spiro atoms. The number of halogens is 1. The van der Waals surface area contributed by atoms with Crippen LogP contribution in [0.3, 0.4) is 0 Å². The zero-order chi connectivity index (χ0) is 14.4. The second-order valence-electron chi connectivity index (χ2n) is 4.95. The van der Waals surface area contributed by atoms with Gasteiger partial charge in [-0.15, -0.1) is 0 Å². The van der Waals surface area contributed by atoms with Crippen LogP contribution in [0.25, 0.3) is 10.9 Å². The Bertz CT molecular complexity index is 577. The van der Waals surface area contributed by atoms with Gasteiger partial charge >= 0.3 is 5.97 Å². The SMILES string of the molecule is CCCCCCCC(=O)Oc1c(Cl)[nH]c2ccccc12. The van der Waals surface area contributed by atoms with Crippen molar-refractivity contribution in [1.29, 1.82) is 0 Å². The van der Waals surface area contributed by atoms with E-state index >= 15 is 0 Å². The number of hydrogen-bond donors (Lipinski definition) is 1. The normalized spacial score (nSPS) is 10.9. The molecule has 0 unspecified atom stereocenters. The maximum absolute atomic E-state index is 11.8. The van der Waals surface area contributed by atoms with Crippen molar-refractivity contribution in [2.75, 3.05) is 0 Å². The first-order chi connectivity index (χ1) is 9.72. The van der Waals surface area contributed by atoms with Gasteiger partial charge in [-0.25, -0.2) is 0 Å². The van der Waals surface area contributed by atoms with Gasteiger partial charge in [0.25, 0.3) is 0 Å². The molecule has 0 bridgehead atoms. The fraction of sp³-hybridized carbons (Fsp3) is 0.438. The molecule has 1 heterocycles. The Morgan fingerprint density at radius 3 is 2.75 bits per heavy atom. The van der Waals surface area contributed by atoms with E-state index < -0.39 is 0 Å². The van der Waals surface area contributed by atoms with Crippen LogP contribution in [-0.4, -0.2) is 11.0 Å². The Kier molecular flexibility index (Phi) is 5.48. The largest absolute Gasteiger partial charge is 0.423 e. The van der Waals surface area contributed by atoms with Crippen molar-refractivity contribution in [3.05, 3.63) is 29.4 Å². The first-order valence-electron chi connectivity index (χ1n) is 7.19. The summed E-state index contributed by atoms with van der Waals surface area (Å²) >= 11 is 6.08. The van der Waals surface area contributed by atoms with Gasteiger partial charge in [-0.3, -0.25) is 4.79 Å². The highest BCUT2D eigenvalue weighted by Gasteiger charge is 2.14. The second kappa shape index (κ2) is 7.34. The lowest BCUT2D eigenvalue weighted by atomic mass is 10.1. The standard InChI is InChI=1S/C16H20ClNO2/c1-2-3-4-5-6-11-14(19)20-15-12-9-7-8-10-13(12)18-16(15)17/h7-10,18H,2-6,11H2,1H3. The zero-order valence-electron chi connectivity index (χ0n) is 11.7. The van der Waals surface area contributed by atoms with Crippen LogP contribution in [0, 0.1) is 0 Å². The number of ether oxygens (including phenoxy) is 1. The molecule has 108 valence electrons. The number of rotatable bonds is 7. The number of fused-ring (bicyclic) bond motifs is 1. The molecule has 0 saturated carbocycles. The Balaban J connectivity index is 1.91. The third-order valence-electron chi connectivity index (χ3n) is 3.32. The molecule has 0 fully saturated rings. The van der Waals surface area contributed by atoms with E-state index in [0.717, 1.165) is 23.7 Å². The summed E-state index contributed by atoms with van der Waals surface area (Å²) in [7, 11) is 0. The van der Waals surface area contributed by atoms with Crippen LogP contribution in [0.2, 0.25) is 5.15 Å². The minimum Gasteiger partial charge on any atom is -0.423 e. The quantitative estimate of drug-likeness (QED) is 0.571. The summed E-state index contributed by atoms with van der Waals surface area (Å²) in [6.07, 6.45) is 6.00. The number of carbonyl (C=O) groups excluding carboxylic acids is 1. The van der Waals surface area contributed by atoms with Gasteiger partial charge in [0.15, 0.2) is 10.9 Å². The molecule has 1 N–H and O–H groups in total. The number of esters is 1. The van der Waals surface area contributed by atoms with Crippen molar-refractivity contribution in [3.63, 3.8) is 0 Å². The molecule has 1 aromatic heterocycles. The van der Waals surface area contributed by atoms with E-state index in [0.29, 0.717) is 17.3 Å². The number of benzene rings is 1. The highest BCUT2D eigenvalue weighted by Crippen LogP contribution is 2.33. The van der Waals surface area contributed by atoms with Gasteiger partial charge in [-0.05, 0) is 18.6 Å². The van der Waals surface area contributed by atoms with E-state index in [9.17, 15) is 4.79 Å². The highest BCUT2D eigenvalue weighted by atomic mass is 35.5. The molecule has 0 amide bonds. The Hall–Kier alpha value is -1.48. The van der Waals surface area contributed by atoms with Crippen molar-refractivity contribution in [1.82, 2.24) is 4.98 Å². The molecule has 0 aliphatic rings. The summed E-state index contributed by atoms with van der Waals surface area (Å²) in [6.45, 7) is 2.17. The maximum atomic E-state index is 11.8. The summed E-state index contributed by atoms with van der Waals surface area (Å²) < 4.78 is 5.40. The molecule has 0 aliphatic heterocycles. The van der Waals surface area contributed by atoms with Gasteiger partial charge in [-0.2, -0.15) is 0 Å². The molecule has 3 nitrogen and oxygen atoms in total. The number of hydrogen-bond acceptors (Lipinski definition) is 2.